The maximum atomic E-state index is 13.2. The molecular weight excluding hydrogens is 364 g/mol. The number of carbonyl (C=O) groups is 3. The third-order valence-corrected chi connectivity index (χ3v) is 5.65. The number of hydrogen-bond acceptors (Lipinski definition) is 3. The minimum absolute atomic E-state index is 0.198. The number of benzene rings is 2. The highest BCUT2D eigenvalue weighted by Gasteiger charge is 2.53. The van der Waals surface area contributed by atoms with Crippen LogP contribution in [0, 0.1) is 5.92 Å². The standard InChI is InChI=1S/C24H28N2O3/c1-14(2)16-10-12-17(13-11-16)24(5)21(27)20(23(29)26-24)22(28)25-19-9-7-6-8-18(19)15(3)4/h6-15,20H,1-5H3,(H,25,28)(H,26,29). The lowest BCUT2D eigenvalue weighted by Gasteiger charge is -2.23. The molecule has 2 aromatic rings. The fourth-order valence-corrected chi connectivity index (χ4v) is 3.76. The summed E-state index contributed by atoms with van der Waals surface area (Å²) in [4.78, 5) is 38.6. The van der Waals surface area contributed by atoms with Gasteiger partial charge < -0.3 is 10.6 Å². The van der Waals surface area contributed by atoms with Crippen LogP contribution in [0.2, 0.25) is 0 Å². The number of nitrogens with one attached hydrogen (secondary N) is 2. The third-order valence-electron chi connectivity index (χ3n) is 5.65. The molecule has 2 N–H and O–H groups in total. The number of carbonyl (C=O) groups excluding carboxylic acids is 3. The molecule has 2 atom stereocenters. The summed E-state index contributed by atoms with van der Waals surface area (Å²) in [5.74, 6) is -2.40. The SMILES string of the molecule is CC(C)c1ccc(C2(C)NC(=O)C(C(=O)Nc3ccccc3C(C)C)C2=O)cc1. The molecule has 0 spiro atoms. The Bertz CT molecular complexity index is 947. The van der Waals surface area contributed by atoms with E-state index in [1.165, 1.54) is 0 Å². The van der Waals surface area contributed by atoms with Crippen LogP contribution in [-0.4, -0.2) is 17.6 Å². The third kappa shape index (κ3) is 3.82. The minimum Gasteiger partial charge on any atom is -0.339 e. The highest BCUT2D eigenvalue weighted by molar-refractivity contribution is 6.27. The van der Waals surface area contributed by atoms with Crippen LogP contribution in [0.15, 0.2) is 48.5 Å². The van der Waals surface area contributed by atoms with Crippen LogP contribution >= 0.6 is 0 Å². The van der Waals surface area contributed by atoms with Gasteiger partial charge in [-0.15, -0.1) is 0 Å². The summed E-state index contributed by atoms with van der Waals surface area (Å²) in [7, 11) is 0. The summed E-state index contributed by atoms with van der Waals surface area (Å²) in [6.45, 7) is 9.89. The normalized spacial score (nSPS) is 21.6. The first kappa shape index (κ1) is 20.8. The first-order valence-corrected chi connectivity index (χ1v) is 10.0. The number of para-hydroxylation sites is 1. The maximum absolute atomic E-state index is 13.2. The van der Waals surface area contributed by atoms with Crippen LogP contribution in [-0.2, 0) is 19.9 Å². The second kappa shape index (κ2) is 7.82. The van der Waals surface area contributed by atoms with E-state index in [0.29, 0.717) is 17.2 Å². The van der Waals surface area contributed by atoms with E-state index in [4.69, 9.17) is 0 Å². The fourth-order valence-electron chi connectivity index (χ4n) is 3.76. The van der Waals surface area contributed by atoms with Gasteiger partial charge in [0.2, 0.25) is 11.8 Å². The molecule has 0 bridgehead atoms. The predicted molar refractivity (Wildman–Crippen MR) is 114 cm³/mol. The van der Waals surface area contributed by atoms with Crippen LogP contribution in [0.5, 0.6) is 0 Å². The Balaban J connectivity index is 1.86. The molecule has 0 saturated carbocycles. The monoisotopic (exact) mass is 392 g/mol. The quantitative estimate of drug-likeness (QED) is 0.752. The average molecular weight is 392 g/mol. The van der Waals surface area contributed by atoms with Crippen molar-refractivity contribution < 1.29 is 14.4 Å². The minimum atomic E-state index is -1.37. The van der Waals surface area contributed by atoms with E-state index in [2.05, 4.69) is 24.5 Å². The van der Waals surface area contributed by atoms with Gasteiger partial charge in [0.25, 0.3) is 0 Å². The van der Waals surface area contributed by atoms with E-state index < -0.39 is 29.1 Å². The topological polar surface area (TPSA) is 75.3 Å². The first-order valence-electron chi connectivity index (χ1n) is 10.0. The zero-order chi connectivity index (χ0) is 21.3. The average Bonchev–Trinajstić information content (AvgIpc) is 2.91. The zero-order valence-electron chi connectivity index (χ0n) is 17.6. The van der Waals surface area contributed by atoms with E-state index in [-0.39, 0.29) is 5.92 Å². The lowest BCUT2D eigenvalue weighted by molar-refractivity contribution is -0.135. The van der Waals surface area contributed by atoms with Crippen molar-refractivity contribution in [3.63, 3.8) is 0 Å². The molecule has 5 heteroatoms. The van der Waals surface area contributed by atoms with Crippen molar-refractivity contribution in [2.45, 2.75) is 52.0 Å². The van der Waals surface area contributed by atoms with Gasteiger partial charge in [-0.2, -0.15) is 0 Å². The zero-order valence-corrected chi connectivity index (χ0v) is 17.6. The van der Waals surface area contributed by atoms with E-state index in [9.17, 15) is 14.4 Å². The van der Waals surface area contributed by atoms with Gasteiger partial charge in [0.15, 0.2) is 11.7 Å². The lowest BCUT2D eigenvalue weighted by Crippen LogP contribution is -2.40. The Kier molecular flexibility index (Phi) is 5.60. The second-order valence-electron chi connectivity index (χ2n) is 8.42. The van der Waals surface area contributed by atoms with Crippen molar-refractivity contribution in [1.82, 2.24) is 5.32 Å². The Morgan fingerprint density at radius 2 is 1.59 bits per heavy atom. The molecule has 5 nitrogen and oxygen atoms in total. The van der Waals surface area contributed by atoms with Crippen molar-refractivity contribution in [3.8, 4) is 0 Å². The summed E-state index contributed by atoms with van der Waals surface area (Å²) >= 11 is 0. The molecule has 3 rings (SSSR count). The van der Waals surface area contributed by atoms with E-state index in [1.807, 2.05) is 56.3 Å². The molecule has 2 aromatic carbocycles. The number of Topliss-reactive ketones (excluding diaryl/α,β-unsaturated/α-hetero) is 1. The van der Waals surface area contributed by atoms with Gasteiger partial charge in [-0.1, -0.05) is 70.2 Å². The maximum Gasteiger partial charge on any atom is 0.244 e. The molecule has 2 amide bonds. The van der Waals surface area contributed by atoms with Crippen molar-refractivity contribution in [1.29, 1.82) is 0 Å². The van der Waals surface area contributed by atoms with Crippen molar-refractivity contribution >= 4 is 23.3 Å². The number of anilines is 1. The smallest absolute Gasteiger partial charge is 0.244 e. The summed E-state index contributed by atoms with van der Waals surface area (Å²) in [5, 5.41) is 5.54. The second-order valence-corrected chi connectivity index (χ2v) is 8.42. The molecule has 29 heavy (non-hydrogen) atoms. The molecular formula is C24H28N2O3. The van der Waals surface area contributed by atoms with Crippen molar-refractivity contribution in [2.75, 3.05) is 5.32 Å². The molecule has 0 aliphatic carbocycles. The van der Waals surface area contributed by atoms with Crippen LogP contribution in [0.25, 0.3) is 0 Å². The summed E-state index contributed by atoms with van der Waals surface area (Å²) in [6, 6.07) is 15.0. The van der Waals surface area contributed by atoms with Crippen LogP contribution in [0.4, 0.5) is 5.69 Å². The molecule has 1 fully saturated rings. The van der Waals surface area contributed by atoms with Crippen LogP contribution in [0.1, 0.15) is 63.1 Å². The molecule has 2 unspecified atom stereocenters. The largest absolute Gasteiger partial charge is 0.339 e. The van der Waals surface area contributed by atoms with Crippen molar-refractivity contribution in [3.05, 3.63) is 65.2 Å². The molecule has 152 valence electrons. The number of rotatable bonds is 5. The van der Waals surface area contributed by atoms with E-state index in [0.717, 1.165) is 11.1 Å². The van der Waals surface area contributed by atoms with Crippen LogP contribution in [0.3, 0.4) is 0 Å². The van der Waals surface area contributed by atoms with Gasteiger partial charge in [-0.3, -0.25) is 14.4 Å². The van der Waals surface area contributed by atoms with Crippen LogP contribution < -0.4 is 10.6 Å². The predicted octanol–water partition coefficient (Wildman–Crippen LogP) is 4.10. The summed E-state index contributed by atoms with van der Waals surface area (Å²) in [6.07, 6.45) is 0. The Labute approximate surface area is 171 Å². The molecule has 1 saturated heterocycles. The molecule has 1 aliphatic rings. The fraction of sp³-hybridized carbons (Fsp3) is 0.375. The summed E-state index contributed by atoms with van der Waals surface area (Å²) < 4.78 is 0. The van der Waals surface area contributed by atoms with Gasteiger partial charge in [0.1, 0.15) is 5.54 Å². The molecule has 1 heterocycles. The van der Waals surface area contributed by atoms with E-state index >= 15 is 0 Å². The highest BCUT2D eigenvalue weighted by Crippen LogP contribution is 2.33. The number of ketones is 1. The Morgan fingerprint density at radius 3 is 2.17 bits per heavy atom. The van der Waals surface area contributed by atoms with Gasteiger partial charge in [-0.25, -0.2) is 0 Å². The first-order chi connectivity index (χ1) is 13.6. The lowest BCUT2D eigenvalue weighted by atomic mass is 9.84. The Hall–Kier alpha value is -2.95. The van der Waals surface area contributed by atoms with Crippen molar-refractivity contribution in [2.24, 2.45) is 5.92 Å². The number of amides is 2. The van der Waals surface area contributed by atoms with Gasteiger partial charge in [-0.05, 0) is 41.5 Å². The molecule has 0 radical (unpaired) electrons. The molecule has 0 aromatic heterocycles. The van der Waals surface area contributed by atoms with Gasteiger partial charge in [0, 0.05) is 5.69 Å². The highest BCUT2D eigenvalue weighted by atomic mass is 16.2. The Morgan fingerprint density at radius 1 is 0.966 bits per heavy atom. The van der Waals surface area contributed by atoms with Gasteiger partial charge >= 0.3 is 0 Å². The molecule has 1 aliphatic heterocycles. The van der Waals surface area contributed by atoms with Gasteiger partial charge in [0.05, 0.1) is 0 Å². The van der Waals surface area contributed by atoms with E-state index in [1.54, 1.807) is 13.0 Å². The summed E-state index contributed by atoms with van der Waals surface area (Å²) in [5.41, 5.74) is 2.19. The number of hydrogen-bond donors (Lipinski definition) is 2.